The third kappa shape index (κ3) is 3.36. The molecule has 7 nitrogen and oxygen atoms in total. The van der Waals surface area contributed by atoms with E-state index in [9.17, 15) is 4.79 Å². The molecule has 3 rings (SSSR count). The average molecular weight is 331 g/mol. The monoisotopic (exact) mass is 331 g/mol. The summed E-state index contributed by atoms with van der Waals surface area (Å²) in [7, 11) is 0. The van der Waals surface area contributed by atoms with Crippen LogP contribution in [0, 0.1) is 6.92 Å². The number of carbonyl (C=O) groups is 1. The van der Waals surface area contributed by atoms with Gasteiger partial charge in [0.15, 0.2) is 5.82 Å². The molecule has 24 heavy (non-hydrogen) atoms. The first-order valence-corrected chi connectivity index (χ1v) is 8.59. The Labute approximate surface area is 142 Å². The SMILES string of the molecule is CCCN1CCc2nnc(C(C)NC(=O)c3ccoc3C)n2CC1. The number of nitrogens with one attached hydrogen (secondary N) is 1. The first-order chi connectivity index (χ1) is 11.6. The van der Waals surface area contributed by atoms with Crippen LogP contribution >= 0.6 is 0 Å². The summed E-state index contributed by atoms with van der Waals surface area (Å²) in [4.78, 5) is 14.8. The van der Waals surface area contributed by atoms with Gasteiger partial charge in [0.1, 0.15) is 11.6 Å². The van der Waals surface area contributed by atoms with Gasteiger partial charge in [0.05, 0.1) is 17.9 Å². The third-order valence-electron chi connectivity index (χ3n) is 4.53. The van der Waals surface area contributed by atoms with Gasteiger partial charge < -0.3 is 19.2 Å². The van der Waals surface area contributed by atoms with Crippen molar-refractivity contribution in [2.24, 2.45) is 0 Å². The van der Waals surface area contributed by atoms with Gasteiger partial charge in [-0.1, -0.05) is 6.92 Å². The molecule has 0 spiro atoms. The number of hydrogen-bond donors (Lipinski definition) is 1. The van der Waals surface area contributed by atoms with E-state index in [4.69, 9.17) is 4.42 Å². The second-order valence-electron chi connectivity index (χ2n) is 6.30. The zero-order valence-electron chi connectivity index (χ0n) is 14.6. The largest absolute Gasteiger partial charge is 0.469 e. The average Bonchev–Trinajstić information content (AvgIpc) is 3.11. The molecule has 130 valence electrons. The van der Waals surface area contributed by atoms with Crippen molar-refractivity contribution in [2.45, 2.75) is 46.2 Å². The number of amides is 1. The molecule has 1 aliphatic rings. The maximum atomic E-state index is 12.4. The van der Waals surface area contributed by atoms with Gasteiger partial charge in [0.25, 0.3) is 5.91 Å². The van der Waals surface area contributed by atoms with E-state index in [2.05, 4.69) is 31.9 Å². The highest BCUT2D eigenvalue weighted by molar-refractivity contribution is 5.95. The minimum absolute atomic E-state index is 0.146. The van der Waals surface area contributed by atoms with Gasteiger partial charge in [-0.15, -0.1) is 10.2 Å². The summed E-state index contributed by atoms with van der Waals surface area (Å²) in [6.45, 7) is 9.91. The van der Waals surface area contributed by atoms with E-state index < -0.39 is 0 Å². The molecule has 0 bridgehead atoms. The lowest BCUT2D eigenvalue weighted by Crippen LogP contribution is -2.30. The Morgan fingerprint density at radius 1 is 1.38 bits per heavy atom. The molecule has 0 radical (unpaired) electrons. The van der Waals surface area contributed by atoms with Gasteiger partial charge in [-0.3, -0.25) is 4.79 Å². The summed E-state index contributed by atoms with van der Waals surface area (Å²) in [6, 6.07) is 1.48. The minimum Gasteiger partial charge on any atom is -0.469 e. The van der Waals surface area contributed by atoms with Crippen molar-refractivity contribution < 1.29 is 9.21 Å². The number of carbonyl (C=O) groups excluding carboxylic acids is 1. The van der Waals surface area contributed by atoms with Crippen LogP contribution in [0.1, 0.15) is 54.1 Å². The van der Waals surface area contributed by atoms with E-state index in [0.717, 1.165) is 50.7 Å². The maximum absolute atomic E-state index is 12.4. The van der Waals surface area contributed by atoms with Crippen LogP contribution in [-0.4, -0.2) is 45.2 Å². The number of furan rings is 1. The Bertz CT molecular complexity index is 706. The lowest BCUT2D eigenvalue weighted by atomic mass is 10.2. The number of fused-ring (bicyclic) bond motifs is 1. The van der Waals surface area contributed by atoms with E-state index in [0.29, 0.717) is 11.3 Å². The molecule has 3 heterocycles. The summed E-state index contributed by atoms with van der Waals surface area (Å²) in [6.07, 6.45) is 3.58. The summed E-state index contributed by atoms with van der Waals surface area (Å²) in [5, 5.41) is 11.7. The van der Waals surface area contributed by atoms with Crippen LogP contribution in [0.3, 0.4) is 0 Å². The van der Waals surface area contributed by atoms with Crippen molar-refractivity contribution in [2.75, 3.05) is 19.6 Å². The lowest BCUT2D eigenvalue weighted by molar-refractivity contribution is 0.0936. The van der Waals surface area contributed by atoms with Crippen LogP contribution in [0.4, 0.5) is 0 Å². The molecule has 7 heteroatoms. The summed E-state index contributed by atoms with van der Waals surface area (Å²) < 4.78 is 7.36. The molecule has 0 aromatic carbocycles. The molecule has 0 saturated heterocycles. The normalized spacial score (nSPS) is 16.5. The number of rotatable bonds is 5. The van der Waals surface area contributed by atoms with E-state index in [1.807, 2.05) is 6.92 Å². The minimum atomic E-state index is -0.203. The fourth-order valence-electron chi connectivity index (χ4n) is 3.21. The highest BCUT2D eigenvalue weighted by Crippen LogP contribution is 2.17. The second-order valence-corrected chi connectivity index (χ2v) is 6.30. The molecule has 1 atom stereocenters. The van der Waals surface area contributed by atoms with Gasteiger partial charge in [0.2, 0.25) is 0 Å². The molecule has 2 aromatic heterocycles. The molecular formula is C17H25N5O2. The first kappa shape index (κ1) is 16.7. The standard InChI is InChI=1S/C17H25N5O2/c1-4-7-21-8-5-15-19-20-16(22(15)10-9-21)12(2)18-17(23)14-6-11-24-13(14)3/h6,11-12H,4-5,7-10H2,1-3H3,(H,18,23). The van der Waals surface area contributed by atoms with E-state index in [-0.39, 0.29) is 11.9 Å². The first-order valence-electron chi connectivity index (χ1n) is 8.59. The van der Waals surface area contributed by atoms with Crippen molar-refractivity contribution in [3.05, 3.63) is 35.3 Å². The lowest BCUT2D eigenvalue weighted by Gasteiger charge is -2.19. The highest BCUT2D eigenvalue weighted by atomic mass is 16.3. The molecule has 1 amide bonds. The Balaban J connectivity index is 1.71. The Morgan fingerprint density at radius 3 is 2.92 bits per heavy atom. The topological polar surface area (TPSA) is 76.2 Å². The van der Waals surface area contributed by atoms with Crippen LogP contribution in [0.25, 0.3) is 0 Å². The number of nitrogens with zero attached hydrogens (tertiary/aromatic N) is 4. The van der Waals surface area contributed by atoms with Gasteiger partial charge in [0, 0.05) is 26.1 Å². The molecule has 1 unspecified atom stereocenters. The van der Waals surface area contributed by atoms with Crippen molar-refractivity contribution in [1.29, 1.82) is 0 Å². The van der Waals surface area contributed by atoms with Crippen LogP contribution in [0.5, 0.6) is 0 Å². The Morgan fingerprint density at radius 2 is 2.21 bits per heavy atom. The maximum Gasteiger partial charge on any atom is 0.255 e. The Kier molecular flexibility index (Phi) is 4.99. The fraction of sp³-hybridized carbons (Fsp3) is 0.588. The predicted molar refractivity (Wildman–Crippen MR) is 89.8 cm³/mol. The molecule has 2 aromatic rings. The van der Waals surface area contributed by atoms with Crippen molar-refractivity contribution in [3.63, 3.8) is 0 Å². The zero-order chi connectivity index (χ0) is 17.1. The van der Waals surface area contributed by atoms with Crippen LogP contribution in [0.15, 0.2) is 16.7 Å². The van der Waals surface area contributed by atoms with Crippen molar-refractivity contribution in [1.82, 2.24) is 25.0 Å². The van der Waals surface area contributed by atoms with Crippen LogP contribution in [-0.2, 0) is 13.0 Å². The molecule has 0 aliphatic carbocycles. The molecule has 0 saturated carbocycles. The van der Waals surface area contributed by atoms with Gasteiger partial charge in [-0.05, 0) is 32.9 Å². The fourth-order valence-corrected chi connectivity index (χ4v) is 3.21. The van der Waals surface area contributed by atoms with Crippen LogP contribution < -0.4 is 5.32 Å². The summed E-state index contributed by atoms with van der Waals surface area (Å²) in [5.74, 6) is 2.30. The predicted octanol–water partition coefficient (Wildman–Crippen LogP) is 1.94. The molecule has 0 fully saturated rings. The highest BCUT2D eigenvalue weighted by Gasteiger charge is 2.23. The summed E-state index contributed by atoms with van der Waals surface area (Å²) >= 11 is 0. The number of aromatic nitrogens is 3. The van der Waals surface area contributed by atoms with Crippen molar-refractivity contribution >= 4 is 5.91 Å². The Hall–Kier alpha value is -2.15. The smallest absolute Gasteiger partial charge is 0.255 e. The zero-order valence-corrected chi connectivity index (χ0v) is 14.6. The molecule has 1 N–H and O–H groups in total. The molecular weight excluding hydrogens is 306 g/mol. The number of aryl methyl sites for hydroxylation is 1. The van der Waals surface area contributed by atoms with Gasteiger partial charge in [-0.2, -0.15) is 0 Å². The van der Waals surface area contributed by atoms with E-state index in [1.165, 1.54) is 6.26 Å². The van der Waals surface area contributed by atoms with Gasteiger partial charge >= 0.3 is 0 Å². The van der Waals surface area contributed by atoms with Gasteiger partial charge in [-0.25, -0.2) is 0 Å². The third-order valence-corrected chi connectivity index (χ3v) is 4.53. The number of hydrogen-bond acceptors (Lipinski definition) is 5. The quantitative estimate of drug-likeness (QED) is 0.906. The van der Waals surface area contributed by atoms with Crippen LogP contribution in [0.2, 0.25) is 0 Å². The summed E-state index contributed by atoms with van der Waals surface area (Å²) in [5.41, 5.74) is 0.562. The van der Waals surface area contributed by atoms with E-state index in [1.54, 1.807) is 13.0 Å². The van der Waals surface area contributed by atoms with Crippen molar-refractivity contribution in [3.8, 4) is 0 Å². The molecule has 1 aliphatic heterocycles. The van der Waals surface area contributed by atoms with E-state index >= 15 is 0 Å². The second kappa shape index (κ2) is 7.17.